The predicted molar refractivity (Wildman–Crippen MR) is 90.3 cm³/mol. The summed E-state index contributed by atoms with van der Waals surface area (Å²) in [5.74, 6) is 0. The summed E-state index contributed by atoms with van der Waals surface area (Å²) in [6.45, 7) is 2.63. The van der Waals surface area contributed by atoms with Crippen LogP contribution in [0.3, 0.4) is 0 Å². The molecule has 0 atom stereocenters. The second-order valence-corrected chi connectivity index (χ2v) is 4.13. The Morgan fingerprint density at radius 2 is 1.62 bits per heavy atom. The van der Waals surface area contributed by atoms with Crippen molar-refractivity contribution in [2.75, 3.05) is 11.9 Å². The van der Waals surface area contributed by atoms with Gasteiger partial charge in [0.1, 0.15) is 0 Å². The summed E-state index contributed by atoms with van der Waals surface area (Å²) in [6.07, 6.45) is 2.75. The molecule has 1 rings (SSSR count). The van der Waals surface area contributed by atoms with E-state index in [2.05, 4.69) is 31.0 Å². The summed E-state index contributed by atoms with van der Waals surface area (Å²) in [7, 11) is 0. The molecule has 0 aromatic heterocycles. The number of benzene rings is 1. The average molecular weight is 372 g/mol. The quantitative estimate of drug-likeness (QED) is 0.270. The van der Waals surface area contributed by atoms with Crippen molar-refractivity contribution in [2.45, 2.75) is 6.92 Å². The third kappa shape index (κ3) is 10.0. The van der Waals surface area contributed by atoms with E-state index >= 15 is 0 Å². The largest absolute Gasteiger partial charge is 2.00 e. The Kier molecular flexibility index (Phi) is 11.5. The SMILES string of the molecule is CCNC([S-])=NN=CC=NN=C([S-])Nc1ccccc1.[Zn+2]. The van der Waals surface area contributed by atoms with Gasteiger partial charge < -0.3 is 35.9 Å². The van der Waals surface area contributed by atoms with Crippen molar-refractivity contribution >= 4 is 53.7 Å². The van der Waals surface area contributed by atoms with Crippen molar-refractivity contribution in [3.8, 4) is 0 Å². The first kappa shape index (κ1) is 19.6. The topological polar surface area (TPSA) is 73.5 Å². The van der Waals surface area contributed by atoms with Gasteiger partial charge in [-0.1, -0.05) is 18.2 Å². The Balaban J connectivity index is 0.00000400. The summed E-state index contributed by atoms with van der Waals surface area (Å²) >= 11 is 9.86. The van der Waals surface area contributed by atoms with Crippen LogP contribution in [0.2, 0.25) is 0 Å². The van der Waals surface area contributed by atoms with Crippen LogP contribution in [-0.4, -0.2) is 29.3 Å². The molecule has 0 aliphatic rings. The molecule has 0 saturated carbocycles. The van der Waals surface area contributed by atoms with Gasteiger partial charge in [-0.05, 0) is 24.2 Å². The number of rotatable bonds is 5. The Morgan fingerprint density at radius 3 is 2.19 bits per heavy atom. The van der Waals surface area contributed by atoms with Gasteiger partial charge in [0.15, 0.2) is 0 Å². The molecule has 0 amide bonds. The van der Waals surface area contributed by atoms with Gasteiger partial charge in [0.05, 0.1) is 12.4 Å². The molecule has 9 heteroatoms. The van der Waals surface area contributed by atoms with E-state index in [1.165, 1.54) is 12.4 Å². The first-order valence-corrected chi connectivity index (χ1v) is 6.64. The molecule has 0 heterocycles. The van der Waals surface area contributed by atoms with E-state index < -0.39 is 0 Å². The van der Waals surface area contributed by atoms with Gasteiger partial charge >= 0.3 is 19.5 Å². The number of nitrogens with zero attached hydrogens (tertiary/aromatic N) is 4. The number of hydrogen-bond donors (Lipinski definition) is 2. The van der Waals surface area contributed by atoms with Crippen molar-refractivity contribution in [2.24, 2.45) is 20.4 Å². The maximum Gasteiger partial charge on any atom is 2.00 e. The van der Waals surface area contributed by atoms with Crippen molar-refractivity contribution in [3.63, 3.8) is 0 Å². The third-order valence-electron chi connectivity index (χ3n) is 1.85. The van der Waals surface area contributed by atoms with Gasteiger partial charge in [-0.25, -0.2) is 0 Å². The molecule has 1 aromatic rings. The number of para-hydroxylation sites is 1. The van der Waals surface area contributed by atoms with E-state index in [4.69, 9.17) is 25.3 Å². The van der Waals surface area contributed by atoms with Crippen LogP contribution < -0.4 is 10.6 Å². The molecular formula is C12H14N6S2Zn. The van der Waals surface area contributed by atoms with Crippen molar-refractivity contribution in [1.82, 2.24) is 5.32 Å². The molecule has 1 aromatic carbocycles. The Hall–Kier alpha value is -1.44. The number of anilines is 1. The predicted octanol–water partition coefficient (Wildman–Crippen LogP) is 1.48. The molecule has 0 spiro atoms. The molecule has 0 aliphatic carbocycles. The minimum absolute atomic E-state index is 0. The van der Waals surface area contributed by atoms with E-state index in [1.807, 2.05) is 37.3 Å². The Morgan fingerprint density at radius 1 is 1.05 bits per heavy atom. The van der Waals surface area contributed by atoms with Crippen molar-refractivity contribution in [1.29, 1.82) is 0 Å². The number of hydrogen-bond acceptors (Lipinski definition) is 6. The van der Waals surface area contributed by atoms with Crippen LogP contribution in [0.4, 0.5) is 5.69 Å². The summed E-state index contributed by atoms with van der Waals surface area (Å²) in [5.41, 5.74) is 0.858. The summed E-state index contributed by atoms with van der Waals surface area (Å²) in [4.78, 5) is 0. The maximum atomic E-state index is 5.00. The van der Waals surface area contributed by atoms with E-state index in [-0.39, 0.29) is 24.6 Å². The smallest absolute Gasteiger partial charge is 0.741 e. The molecule has 0 radical (unpaired) electrons. The van der Waals surface area contributed by atoms with Gasteiger partial charge in [-0.3, -0.25) is 0 Å². The van der Waals surface area contributed by atoms with Crippen LogP contribution in [0, 0.1) is 0 Å². The van der Waals surface area contributed by atoms with E-state index in [0.717, 1.165) is 5.69 Å². The normalized spacial score (nSPS) is 12.4. The fraction of sp³-hybridized carbons (Fsp3) is 0.167. The molecule has 0 fully saturated rings. The maximum absolute atomic E-state index is 5.00. The van der Waals surface area contributed by atoms with E-state index in [1.54, 1.807) is 0 Å². The van der Waals surface area contributed by atoms with Gasteiger partial charge in [-0.15, -0.1) is 0 Å². The van der Waals surface area contributed by atoms with Crippen LogP contribution in [0.5, 0.6) is 0 Å². The number of amidine groups is 2. The van der Waals surface area contributed by atoms with Crippen LogP contribution >= 0.6 is 0 Å². The van der Waals surface area contributed by atoms with Crippen LogP contribution in [-0.2, 0) is 44.7 Å². The van der Waals surface area contributed by atoms with Crippen LogP contribution in [0.15, 0.2) is 50.7 Å². The fourth-order valence-corrected chi connectivity index (χ4v) is 1.44. The van der Waals surface area contributed by atoms with Crippen LogP contribution in [0.1, 0.15) is 6.92 Å². The molecule has 0 bridgehead atoms. The molecule has 0 unspecified atom stereocenters. The van der Waals surface area contributed by atoms with Crippen LogP contribution in [0.25, 0.3) is 0 Å². The van der Waals surface area contributed by atoms with Crippen molar-refractivity contribution < 1.29 is 19.5 Å². The molecule has 0 saturated heterocycles. The summed E-state index contributed by atoms with van der Waals surface area (Å²) in [6, 6.07) is 9.48. The first-order chi connectivity index (χ1) is 9.72. The fourth-order valence-electron chi connectivity index (χ4n) is 1.09. The molecule has 21 heavy (non-hydrogen) atoms. The minimum atomic E-state index is 0. The van der Waals surface area contributed by atoms with Gasteiger partial charge in [0.2, 0.25) is 0 Å². The molecule has 0 aliphatic heterocycles. The monoisotopic (exact) mass is 370 g/mol. The average Bonchev–Trinajstić information content (AvgIpc) is 2.44. The van der Waals surface area contributed by atoms with Gasteiger partial charge in [0.25, 0.3) is 0 Å². The summed E-state index contributed by atoms with van der Waals surface area (Å²) < 4.78 is 0. The van der Waals surface area contributed by atoms with Crippen molar-refractivity contribution in [3.05, 3.63) is 30.3 Å². The Labute approximate surface area is 147 Å². The van der Waals surface area contributed by atoms with Gasteiger partial charge in [-0.2, -0.15) is 20.4 Å². The zero-order valence-corrected chi connectivity index (χ0v) is 16.2. The number of nitrogens with one attached hydrogen (secondary N) is 2. The summed E-state index contributed by atoms with van der Waals surface area (Å²) in [5, 5.41) is 21.3. The van der Waals surface area contributed by atoms with Gasteiger partial charge in [0, 0.05) is 17.4 Å². The Bertz CT molecular complexity index is 516. The zero-order chi connectivity index (χ0) is 14.6. The van der Waals surface area contributed by atoms with E-state index in [0.29, 0.717) is 11.7 Å². The molecular weight excluding hydrogens is 358 g/mol. The third-order valence-corrected chi connectivity index (χ3v) is 2.26. The first-order valence-electron chi connectivity index (χ1n) is 5.83. The molecule has 6 nitrogen and oxygen atoms in total. The standard InChI is InChI=1S/C12H16N6S2.Zn/c1-2-13-11(19)17-14-8-9-15-18-12(20)16-10-6-4-3-5-7-10;/h3-9H,2H2,1H3,(H2,13,17,19)(H2,16,18,20);/q;+2/p-2. The zero-order valence-electron chi connectivity index (χ0n) is 11.6. The second-order valence-electron chi connectivity index (χ2n) is 3.36. The molecule has 2 N–H and O–H groups in total. The minimum Gasteiger partial charge on any atom is -0.741 e. The molecule has 106 valence electrons. The second kappa shape index (κ2) is 12.3. The van der Waals surface area contributed by atoms with E-state index in [9.17, 15) is 0 Å².